The topological polar surface area (TPSA) is 74.0 Å². The Morgan fingerprint density at radius 3 is 2.45 bits per heavy atom. The summed E-state index contributed by atoms with van der Waals surface area (Å²) in [7, 11) is 0. The molecule has 3 heterocycles. The molecule has 0 radical (unpaired) electrons. The maximum Gasteiger partial charge on any atom is 0.111 e. The number of morpholine rings is 1. The third-order valence-electron chi connectivity index (χ3n) is 6.05. The molecule has 0 spiro atoms. The molecule has 6 nitrogen and oxygen atoms in total. The van der Waals surface area contributed by atoms with Crippen LogP contribution in [0.25, 0.3) is 12.2 Å². The Kier molecular flexibility index (Phi) is 7.10. The smallest absolute Gasteiger partial charge is 0.111 e. The highest BCUT2D eigenvalue weighted by Gasteiger charge is 2.27. The summed E-state index contributed by atoms with van der Waals surface area (Å²) >= 11 is 0. The first kappa shape index (κ1) is 21.7. The monoisotopic (exact) mass is 421 g/mol. The first-order valence-corrected chi connectivity index (χ1v) is 11.5. The van der Waals surface area contributed by atoms with Crippen molar-refractivity contribution in [2.45, 2.75) is 45.1 Å². The zero-order valence-corrected chi connectivity index (χ0v) is 18.9. The first-order chi connectivity index (χ1) is 15.1. The molecule has 31 heavy (non-hydrogen) atoms. The SMILES string of the molecule is CCC(c1nc(C=C2CNC(=Cc3ccccc3)CN2)c(C(C)C)[nH]1)C1COCCN1. The van der Waals surface area contributed by atoms with Gasteiger partial charge in [0.25, 0.3) is 0 Å². The van der Waals surface area contributed by atoms with Crippen LogP contribution < -0.4 is 16.0 Å². The number of hydrogen-bond donors (Lipinski definition) is 4. The van der Waals surface area contributed by atoms with E-state index in [1.807, 2.05) is 6.07 Å². The fraction of sp³-hybridized carbons (Fsp3) is 0.480. The Morgan fingerprint density at radius 2 is 1.84 bits per heavy atom. The van der Waals surface area contributed by atoms with E-state index < -0.39 is 0 Å². The van der Waals surface area contributed by atoms with Crippen molar-refractivity contribution >= 4 is 12.2 Å². The molecule has 2 saturated heterocycles. The van der Waals surface area contributed by atoms with Crippen LogP contribution in [0.3, 0.4) is 0 Å². The second kappa shape index (κ2) is 10.2. The third kappa shape index (κ3) is 5.38. The fourth-order valence-corrected chi connectivity index (χ4v) is 4.32. The van der Waals surface area contributed by atoms with Crippen molar-refractivity contribution in [3.05, 3.63) is 64.5 Å². The highest BCUT2D eigenvalue weighted by Crippen LogP contribution is 2.27. The predicted octanol–water partition coefficient (Wildman–Crippen LogP) is 3.59. The zero-order chi connectivity index (χ0) is 21.6. The average molecular weight is 422 g/mol. The number of imidazole rings is 1. The lowest BCUT2D eigenvalue weighted by Gasteiger charge is -2.29. The Labute approximate surface area is 185 Å². The molecule has 0 amide bonds. The van der Waals surface area contributed by atoms with Gasteiger partial charge in [0.05, 0.1) is 32.0 Å². The number of ether oxygens (including phenoxy) is 1. The molecule has 1 aromatic heterocycles. The number of hydrogen-bond acceptors (Lipinski definition) is 5. The highest BCUT2D eigenvalue weighted by atomic mass is 16.5. The van der Waals surface area contributed by atoms with Crippen molar-refractivity contribution in [1.82, 2.24) is 25.9 Å². The number of benzene rings is 1. The molecule has 0 saturated carbocycles. The summed E-state index contributed by atoms with van der Waals surface area (Å²) in [5.41, 5.74) is 5.82. The lowest BCUT2D eigenvalue weighted by atomic mass is 9.96. The van der Waals surface area contributed by atoms with Gasteiger partial charge in [0.1, 0.15) is 5.82 Å². The molecule has 0 bridgehead atoms. The molecule has 6 heteroatoms. The molecule has 166 valence electrons. The lowest BCUT2D eigenvalue weighted by molar-refractivity contribution is 0.0664. The van der Waals surface area contributed by atoms with Crippen molar-refractivity contribution < 1.29 is 4.74 Å². The number of nitrogens with one attached hydrogen (secondary N) is 4. The normalized spacial score (nSPS) is 23.0. The number of aromatic amines is 1. The average Bonchev–Trinajstić information content (AvgIpc) is 3.21. The molecule has 0 aliphatic carbocycles. The minimum absolute atomic E-state index is 0.311. The lowest BCUT2D eigenvalue weighted by Crippen LogP contribution is -2.45. The summed E-state index contributed by atoms with van der Waals surface area (Å²) in [5, 5.41) is 10.7. The van der Waals surface area contributed by atoms with E-state index >= 15 is 0 Å². The minimum Gasteiger partial charge on any atom is -0.381 e. The molecular formula is C25H35N5O. The van der Waals surface area contributed by atoms with Gasteiger partial charge in [-0.3, -0.25) is 0 Å². The van der Waals surface area contributed by atoms with Gasteiger partial charge < -0.3 is 25.7 Å². The summed E-state index contributed by atoms with van der Waals surface area (Å²) in [6.45, 7) is 10.7. The minimum atomic E-state index is 0.311. The molecule has 2 atom stereocenters. The van der Waals surface area contributed by atoms with Crippen LogP contribution in [0.5, 0.6) is 0 Å². The number of piperazine rings is 1. The summed E-state index contributed by atoms with van der Waals surface area (Å²) in [4.78, 5) is 8.70. The maximum atomic E-state index is 5.71. The predicted molar refractivity (Wildman–Crippen MR) is 127 cm³/mol. The van der Waals surface area contributed by atoms with Gasteiger partial charge in [0.15, 0.2) is 0 Å². The van der Waals surface area contributed by atoms with Crippen molar-refractivity contribution in [1.29, 1.82) is 0 Å². The molecule has 2 aliphatic rings. The molecule has 4 rings (SSSR count). The van der Waals surface area contributed by atoms with E-state index in [1.54, 1.807) is 0 Å². The van der Waals surface area contributed by atoms with E-state index in [1.165, 1.54) is 17.0 Å². The number of H-pyrrole nitrogens is 1. The van der Waals surface area contributed by atoms with Crippen LogP contribution in [0.4, 0.5) is 0 Å². The molecule has 2 aromatic rings. The Hall–Kier alpha value is -2.57. The van der Waals surface area contributed by atoms with Gasteiger partial charge in [-0.25, -0.2) is 4.98 Å². The van der Waals surface area contributed by atoms with E-state index in [4.69, 9.17) is 9.72 Å². The van der Waals surface area contributed by atoms with Crippen LogP contribution in [0.15, 0.2) is 41.7 Å². The Balaban J connectivity index is 1.50. The van der Waals surface area contributed by atoms with Gasteiger partial charge in [-0.1, -0.05) is 51.1 Å². The van der Waals surface area contributed by atoms with Crippen molar-refractivity contribution in [2.75, 3.05) is 32.8 Å². The number of rotatable bonds is 6. The van der Waals surface area contributed by atoms with E-state index in [-0.39, 0.29) is 0 Å². The van der Waals surface area contributed by atoms with Crippen LogP contribution in [-0.2, 0) is 4.74 Å². The Bertz CT molecular complexity index is 897. The standard InChI is InChI=1S/C25H35N5O/c1-4-21(23-16-31-11-10-26-23)25-29-22(24(30-25)17(2)3)13-20-15-27-19(14-28-20)12-18-8-6-5-7-9-18/h5-9,12-13,17,21,23,26-28H,4,10-11,14-16H2,1-3H3,(H,29,30). The largest absolute Gasteiger partial charge is 0.381 e. The van der Waals surface area contributed by atoms with Gasteiger partial charge in [0.2, 0.25) is 0 Å². The second-order valence-electron chi connectivity index (χ2n) is 8.68. The van der Waals surface area contributed by atoms with Crippen LogP contribution in [-0.4, -0.2) is 48.9 Å². The molecule has 2 fully saturated rings. The van der Waals surface area contributed by atoms with Gasteiger partial charge in [-0.05, 0) is 30.1 Å². The van der Waals surface area contributed by atoms with Crippen molar-refractivity contribution in [3.8, 4) is 0 Å². The second-order valence-corrected chi connectivity index (χ2v) is 8.68. The van der Waals surface area contributed by atoms with Crippen LogP contribution in [0.1, 0.15) is 61.8 Å². The first-order valence-electron chi connectivity index (χ1n) is 11.5. The van der Waals surface area contributed by atoms with Crippen LogP contribution in [0.2, 0.25) is 0 Å². The van der Waals surface area contributed by atoms with E-state index in [0.717, 1.165) is 56.5 Å². The summed E-state index contributed by atoms with van der Waals surface area (Å²) in [6.07, 6.45) is 5.41. The van der Waals surface area contributed by atoms with Gasteiger partial charge >= 0.3 is 0 Å². The molecule has 1 aromatic carbocycles. The summed E-state index contributed by atoms with van der Waals surface area (Å²) in [5.74, 6) is 1.77. The van der Waals surface area contributed by atoms with Gasteiger partial charge in [0, 0.05) is 35.6 Å². The van der Waals surface area contributed by atoms with Crippen LogP contribution >= 0.6 is 0 Å². The maximum absolute atomic E-state index is 5.71. The third-order valence-corrected chi connectivity index (χ3v) is 6.05. The number of aromatic nitrogens is 2. The van der Waals surface area contributed by atoms with Gasteiger partial charge in [-0.15, -0.1) is 0 Å². The molecular weight excluding hydrogens is 386 g/mol. The summed E-state index contributed by atoms with van der Waals surface area (Å²) < 4.78 is 5.71. The highest BCUT2D eigenvalue weighted by molar-refractivity contribution is 5.56. The van der Waals surface area contributed by atoms with E-state index in [0.29, 0.717) is 17.9 Å². The fourth-order valence-electron chi connectivity index (χ4n) is 4.32. The summed E-state index contributed by atoms with van der Waals surface area (Å²) in [6, 6.07) is 10.7. The van der Waals surface area contributed by atoms with Gasteiger partial charge in [-0.2, -0.15) is 0 Å². The van der Waals surface area contributed by atoms with Crippen molar-refractivity contribution in [3.63, 3.8) is 0 Å². The van der Waals surface area contributed by atoms with Crippen molar-refractivity contribution in [2.24, 2.45) is 0 Å². The zero-order valence-electron chi connectivity index (χ0n) is 18.9. The Morgan fingerprint density at radius 1 is 1.10 bits per heavy atom. The van der Waals surface area contributed by atoms with E-state index in [2.05, 4.69) is 78.1 Å². The van der Waals surface area contributed by atoms with E-state index in [9.17, 15) is 0 Å². The van der Waals surface area contributed by atoms with Crippen LogP contribution in [0, 0.1) is 0 Å². The quantitative estimate of drug-likeness (QED) is 0.574. The number of nitrogens with zero attached hydrogens (tertiary/aromatic N) is 1. The molecule has 2 unspecified atom stereocenters. The molecule has 4 N–H and O–H groups in total. The molecule has 2 aliphatic heterocycles.